The first-order valence-corrected chi connectivity index (χ1v) is 10.8. The van der Waals surface area contributed by atoms with Crippen LogP contribution in [0.25, 0.3) is 0 Å². The van der Waals surface area contributed by atoms with Crippen molar-refractivity contribution in [2.45, 2.75) is 97.3 Å². The van der Waals surface area contributed by atoms with E-state index in [0.29, 0.717) is 12.8 Å². The largest absolute Gasteiger partial charge is 0.498 e. The molecule has 0 aromatic rings. The summed E-state index contributed by atoms with van der Waals surface area (Å²) < 4.78 is 59.3. The van der Waals surface area contributed by atoms with E-state index in [1.165, 1.54) is 11.8 Å². The summed E-state index contributed by atoms with van der Waals surface area (Å²) in [6.45, 7) is 14.1. The van der Waals surface area contributed by atoms with Crippen molar-refractivity contribution in [2.75, 3.05) is 13.1 Å². The number of carbonyl (C=O) groups excluding carboxylic acids is 1. The van der Waals surface area contributed by atoms with Gasteiger partial charge < -0.3 is 29.7 Å². The first-order valence-electron chi connectivity index (χ1n) is 10.8. The minimum absolute atomic E-state index is 0.271. The van der Waals surface area contributed by atoms with Crippen molar-refractivity contribution in [2.24, 2.45) is 0 Å². The van der Waals surface area contributed by atoms with Gasteiger partial charge in [-0.05, 0) is 68.2 Å². The molecule has 0 unspecified atom stereocenters. The van der Waals surface area contributed by atoms with E-state index in [2.05, 4.69) is 5.32 Å². The maximum absolute atomic E-state index is 14.1. The number of nitrogens with zero attached hydrogens (tertiary/aromatic N) is 1. The molecule has 0 aromatic heterocycles. The average Bonchev–Trinajstić information content (AvgIpc) is 2.79. The molecule has 0 aliphatic carbocycles. The molecule has 0 saturated carbocycles. The molecule has 0 bridgehead atoms. The topological polar surface area (TPSA) is 83.9 Å². The first kappa shape index (κ1) is 26.5. The predicted octanol–water partition coefficient (Wildman–Crippen LogP) is 4.46. The molecule has 2 heterocycles. The summed E-state index contributed by atoms with van der Waals surface area (Å²) in [6, 6.07) is -0.526. The Morgan fingerprint density at radius 3 is 1.94 bits per heavy atom. The number of carbonyl (C=O) groups is 1. The third kappa shape index (κ3) is 6.18. The van der Waals surface area contributed by atoms with Crippen molar-refractivity contribution in [3.8, 4) is 0 Å². The molecule has 0 aromatic carbocycles. The van der Waals surface area contributed by atoms with Crippen LogP contribution < -0.4 is 5.32 Å². The highest BCUT2D eigenvalue weighted by atomic mass is 19.4. The van der Waals surface area contributed by atoms with Gasteiger partial charge in [0.1, 0.15) is 11.3 Å². The maximum atomic E-state index is 14.1. The van der Waals surface area contributed by atoms with Crippen molar-refractivity contribution in [3.05, 3.63) is 11.2 Å². The molecule has 32 heavy (non-hydrogen) atoms. The summed E-state index contributed by atoms with van der Waals surface area (Å²) >= 11 is 0. The molecular formula is C21H35BF3N3O4. The van der Waals surface area contributed by atoms with Gasteiger partial charge >= 0.3 is 19.4 Å². The fraction of sp³-hybridized carbons (Fsp3) is 0.810. The van der Waals surface area contributed by atoms with Crippen molar-refractivity contribution < 1.29 is 32.0 Å². The van der Waals surface area contributed by atoms with Gasteiger partial charge in [-0.1, -0.05) is 0 Å². The van der Waals surface area contributed by atoms with Gasteiger partial charge in [0.25, 0.3) is 0 Å². The molecule has 2 saturated heterocycles. The van der Waals surface area contributed by atoms with Crippen LogP contribution in [-0.2, 0) is 14.0 Å². The van der Waals surface area contributed by atoms with E-state index in [1.54, 1.807) is 48.5 Å². The molecular weight excluding hydrogens is 426 g/mol. The zero-order chi connectivity index (χ0) is 24.7. The predicted molar refractivity (Wildman–Crippen MR) is 117 cm³/mol. The second-order valence-corrected chi connectivity index (χ2v) is 10.4. The zero-order valence-electron chi connectivity index (χ0n) is 20.2. The fourth-order valence-corrected chi connectivity index (χ4v) is 3.49. The Morgan fingerprint density at radius 2 is 1.56 bits per heavy atom. The molecule has 0 atom stereocenters. The third-order valence-electron chi connectivity index (χ3n) is 5.94. The number of amides is 1. The number of nitrogens with one attached hydrogen (secondary N) is 2. The highest BCUT2D eigenvalue weighted by Gasteiger charge is 2.55. The highest BCUT2D eigenvalue weighted by molar-refractivity contribution is 6.62. The molecule has 182 valence electrons. The number of halogens is 3. The van der Waals surface area contributed by atoms with Crippen molar-refractivity contribution in [1.29, 1.82) is 5.41 Å². The summed E-state index contributed by atoms with van der Waals surface area (Å²) in [4.78, 5) is 13.7. The first-order chi connectivity index (χ1) is 14.3. The lowest BCUT2D eigenvalue weighted by molar-refractivity contribution is -0.0987. The summed E-state index contributed by atoms with van der Waals surface area (Å²) in [7, 11) is -1.32. The average molecular weight is 461 g/mol. The zero-order valence-corrected chi connectivity index (χ0v) is 20.2. The molecule has 0 radical (unpaired) electrons. The molecule has 2 N–H and O–H groups in total. The molecule has 7 nitrogen and oxygen atoms in total. The smallest absolute Gasteiger partial charge is 0.444 e. The highest BCUT2D eigenvalue weighted by Crippen LogP contribution is 2.40. The van der Waals surface area contributed by atoms with E-state index in [0.717, 1.165) is 0 Å². The van der Waals surface area contributed by atoms with E-state index in [1.807, 2.05) is 0 Å². The van der Waals surface area contributed by atoms with E-state index in [4.69, 9.17) is 19.5 Å². The van der Waals surface area contributed by atoms with E-state index < -0.39 is 47.9 Å². The van der Waals surface area contributed by atoms with Crippen molar-refractivity contribution >= 4 is 18.9 Å². The van der Waals surface area contributed by atoms with Crippen LogP contribution in [0.2, 0.25) is 0 Å². The van der Waals surface area contributed by atoms with Crippen LogP contribution in [0, 0.1) is 5.41 Å². The number of piperidine rings is 1. The third-order valence-corrected chi connectivity index (χ3v) is 5.94. The van der Waals surface area contributed by atoms with Gasteiger partial charge in [-0.3, -0.25) is 0 Å². The minimum atomic E-state index is -4.73. The Bertz CT molecular complexity index is 751. The monoisotopic (exact) mass is 461 g/mol. The number of allylic oxidation sites excluding steroid dienone is 2. The molecule has 2 aliphatic rings. The summed E-state index contributed by atoms with van der Waals surface area (Å²) in [5.41, 5.74) is -3.99. The van der Waals surface area contributed by atoms with Crippen LogP contribution in [0.15, 0.2) is 11.2 Å². The van der Waals surface area contributed by atoms with E-state index in [9.17, 15) is 18.0 Å². The number of rotatable bonds is 4. The number of hydrogen-bond acceptors (Lipinski definition) is 6. The summed E-state index contributed by atoms with van der Waals surface area (Å²) in [6.07, 6.45) is -4.58. The van der Waals surface area contributed by atoms with E-state index in [-0.39, 0.29) is 24.3 Å². The lowest BCUT2D eigenvalue weighted by atomic mass is 9.73. The molecule has 1 amide bonds. The normalized spacial score (nSPS) is 22.5. The van der Waals surface area contributed by atoms with Crippen LogP contribution in [0.3, 0.4) is 0 Å². The molecule has 2 aliphatic heterocycles. The number of likely N-dealkylation sites (tertiary alicyclic amines) is 1. The van der Waals surface area contributed by atoms with Gasteiger partial charge in [-0.25, -0.2) is 4.79 Å². The molecule has 2 fully saturated rings. The minimum Gasteiger partial charge on any atom is -0.444 e. The van der Waals surface area contributed by atoms with Crippen LogP contribution in [0.5, 0.6) is 0 Å². The maximum Gasteiger partial charge on any atom is 0.498 e. The van der Waals surface area contributed by atoms with Gasteiger partial charge in [-0.2, -0.15) is 13.2 Å². The van der Waals surface area contributed by atoms with Gasteiger partial charge in [0, 0.05) is 30.3 Å². The SMILES string of the molecule is CC(=N)/C(B1OC(C)(C)C(C)(C)O1)=C(\NC1CCN(C(=O)OC(C)(C)C)CC1)C(F)(F)F. The molecule has 11 heteroatoms. The fourth-order valence-electron chi connectivity index (χ4n) is 3.49. The standard InChI is InChI=1S/C21H35BF3N3O4/c1-13(26)15(22-31-19(5,6)20(7,8)32-22)16(21(23,24)25)27-14-9-11-28(12-10-14)17(29)30-18(2,3)4/h14,26-27H,9-12H2,1-8H3/b16-15+,26-13?. The summed E-state index contributed by atoms with van der Waals surface area (Å²) in [5.74, 6) is 0. The van der Waals surface area contributed by atoms with Gasteiger partial charge in [-0.15, -0.1) is 0 Å². The number of ether oxygens (including phenoxy) is 1. The lowest BCUT2D eigenvalue weighted by Crippen LogP contribution is -2.48. The van der Waals surface area contributed by atoms with Crippen molar-refractivity contribution in [1.82, 2.24) is 10.2 Å². The lowest BCUT2D eigenvalue weighted by Gasteiger charge is -2.35. The van der Waals surface area contributed by atoms with Crippen LogP contribution in [0.1, 0.15) is 68.2 Å². The second kappa shape index (κ2) is 8.89. The van der Waals surface area contributed by atoms with Crippen LogP contribution >= 0.6 is 0 Å². The van der Waals surface area contributed by atoms with Crippen molar-refractivity contribution in [3.63, 3.8) is 0 Å². The molecule has 0 spiro atoms. The van der Waals surface area contributed by atoms with E-state index >= 15 is 0 Å². The van der Waals surface area contributed by atoms with Crippen LogP contribution in [0.4, 0.5) is 18.0 Å². The summed E-state index contributed by atoms with van der Waals surface area (Å²) in [5, 5.41) is 10.6. The quantitative estimate of drug-likeness (QED) is 0.477. The Morgan fingerprint density at radius 1 is 1.09 bits per heavy atom. The van der Waals surface area contributed by atoms with Crippen LogP contribution in [-0.4, -0.2) is 65.9 Å². The van der Waals surface area contributed by atoms with Gasteiger partial charge in [0.15, 0.2) is 0 Å². The second-order valence-electron chi connectivity index (χ2n) is 10.4. The Balaban J connectivity index is 2.23. The molecule has 2 rings (SSSR count). The van der Waals surface area contributed by atoms with Gasteiger partial charge in [0.05, 0.1) is 11.2 Å². The number of hydrogen-bond donors (Lipinski definition) is 2. The Labute approximate surface area is 188 Å². The van der Waals surface area contributed by atoms with Gasteiger partial charge in [0.2, 0.25) is 0 Å². The Kier molecular flexibility index (Phi) is 7.36. The number of alkyl halides is 3. The Hall–Kier alpha value is -1.75.